The Kier molecular flexibility index (Phi) is 4.77. The van der Waals surface area contributed by atoms with Gasteiger partial charge in [0, 0.05) is 21.6 Å². The summed E-state index contributed by atoms with van der Waals surface area (Å²) in [6, 6.07) is 5.63. The highest BCUT2D eigenvalue weighted by molar-refractivity contribution is 9.10. The van der Waals surface area contributed by atoms with Gasteiger partial charge in [-0.3, -0.25) is 4.79 Å². The number of rotatable bonds is 5. The SMILES string of the molecule is NC(=NOCC(=O)Nc1ccc2c(c1)OC(F)(F)O2)c1cc(Br)cs1. The topological polar surface area (TPSA) is 95.2 Å². The van der Waals surface area contributed by atoms with Gasteiger partial charge in [0.2, 0.25) is 0 Å². The van der Waals surface area contributed by atoms with Gasteiger partial charge >= 0.3 is 6.29 Å². The zero-order chi connectivity index (χ0) is 18.0. The van der Waals surface area contributed by atoms with Crippen molar-refractivity contribution in [1.82, 2.24) is 0 Å². The largest absolute Gasteiger partial charge is 0.586 e. The Hall–Kier alpha value is -2.40. The minimum Gasteiger partial charge on any atom is -0.395 e. The third kappa shape index (κ3) is 4.37. The van der Waals surface area contributed by atoms with Crippen LogP contribution in [0.3, 0.4) is 0 Å². The van der Waals surface area contributed by atoms with Crippen molar-refractivity contribution < 1.29 is 27.9 Å². The molecule has 0 saturated carbocycles. The van der Waals surface area contributed by atoms with E-state index < -0.39 is 18.8 Å². The number of amides is 1. The number of anilines is 1. The smallest absolute Gasteiger partial charge is 0.395 e. The van der Waals surface area contributed by atoms with Crippen LogP contribution in [-0.4, -0.2) is 24.6 Å². The van der Waals surface area contributed by atoms with Crippen LogP contribution < -0.4 is 20.5 Å². The summed E-state index contributed by atoms with van der Waals surface area (Å²) in [7, 11) is 0. The Morgan fingerprint density at radius 1 is 1.36 bits per heavy atom. The summed E-state index contributed by atoms with van der Waals surface area (Å²) >= 11 is 4.65. The summed E-state index contributed by atoms with van der Waals surface area (Å²) in [5.41, 5.74) is 5.96. The molecule has 25 heavy (non-hydrogen) atoms. The Balaban J connectivity index is 1.53. The van der Waals surface area contributed by atoms with E-state index in [4.69, 9.17) is 10.6 Å². The van der Waals surface area contributed by atoms with Crippen LogP contribution in [0.15, 0.2) is 39.3 Å². The molecule has 0 saturated heterocycles. The number of hydrogen-bond acceptors (Lipinski definition) is 6. The fourth-order valence-corrected chi connectivity index (χ4v) is 3.20. The number of amidine groups is 1. The molecule has 0 bridgehead atoms. The normalized spacial score (nSPS) is 15.1. The fraction of sp³-hybridized carbons (Fsp3) is 0.143. The van der Waals surface area contributed by atoms with E-state index >= 15 is 0 Å². The van der Waals surface area contributed by atoms with Crippen LogP contribution in [0.4, 0.5) is 14.5 Å². The first-order chi connectivity index (χ1) is 11.8. The van der Waals surface area contributed by atoms with Gasteiger partial charge in [-0.1, -0.05) is 5.16 Å². The summed E-state index contributed by atoms with van der Waals surface area (Å²) in [5.74, 6) is -0.698. The molecule has 0 fully saturated rings. The minimum atomic E-state index is -3.71. The van der Waals surface area contributed by atoms with Gasteiger partial charge in [0.05, 0.1) is 4.88 Å². The summed E-state index contributed by atoms with van der Waals surface area (Å²) in [4.78, 5) is 17.4. The summed E-state index contributed by atoms with van der Waals surface area (Å²) in [6.07, 6.45) is -3.71. The molecule has 1 aromatic heterocycles. The first kappa shape index (κ1) is 17.4. The van der Waals surface area contributed by atoms with Gasteiger partial charge in [-0.25, -0.2) is 0 Å². The van der Waals surface area contributed by atoms with Crippen LogP contribution >= 0.6 is 27.3 Å². The predicted molar refractivity (Wildman–Crippen MR) is 90.0 cm³/mol. The lowest BCUT2D eigenvalue weighted by molar-refractivity contribution is -0.286. The van der Waals surface area contributed by atoms with Crippen molar-refractivity contribution in [2.24, 2.45) is 10.9 Å². The highest BCUT2D eigenvalue weighted by atomic mass is 79.9. The van der Waals surface area contributed by atoms with E-state index in [2.05, 4.69) is 35.9 Å². The summed E-state index contributed by atoms with van der Waals surface area (Å²) < 4.78 is 35.3. The molecule has 1 amide bonds. The number of nitrogens with zero attached hydrogens (tertiary/aromatic N) is 1. The predicted octanol–water partition coefficient (Wildman–Crippen LogP) is 3.11. The maximum absolute atomic E-state index is 12.9. The van der Waals surface area contributed by atoms with Gasteiger partial charge in [-0.05, 0) is 34.1 Å². The highest BCUT2D eigenvalue weighted by Crippen LogP contribution is 2.42. The van der Waals surface area contributed by atoms with Crippen molar-refractivity contribution >= 4 is 44.7 Å². The number of nitrogens with two attached hydrogens (primary N) is 1. The van der Waals surface area contributed by atoms with E-state index in [9.17, 15) is 13.6 Å². The van der Waals surface area contributed by atoms with Crippen LogP contribution in [0.25, 0.3) is 0 Å². The summed E-state index contributed by atoms with van der Waals surface area (Å²) in [5, 5.41) is 7.93. The molecule has 132 valence electrons. The molecule has 0 unspecified atom stereocenters. The van der Waals surface area contributed by atoms with Gasteiger partial charge in [-0.15, -0.1) is 20.1 Å². The lowest BCUT2D eigenvalue weighted by Crippen LogP contribution is -2.25. The molecule has 11 heteroatoms. The number of carbonyl (C=O) groups is 1. The Labute approximate surface area is 152 Å². The number of benzene rings is 1. The molecule has 2 heterocycles. The molecule has 3 rings (SSSR count). The van der Waals surface area contributed by atoms with Crippen molar-refractivity contribution in [2.75, 3.05) is 11.9 Å². The van der Waals surface area contributed by atoms with E-state index in [1.807, 2.05) is 5.38 Å². The molecule has 1 aromatic carbocycles. The zero-order valence-corrected chi connectivity index (χ0v) is 14.7. The van der Waals surface area contributed by atoms with E-state index in [1.54, 1.807) is 6.07 Å². The molecule has 1 aliphatic rings. The van der Waals surface area contributed by atoms with Crippen molar-refractivity contribution in [3.63, 3.8) is 0 Å². The number of fused-ring (bicyclic) bond motifs is 1. The Morgan fingerprint density at radius 2 is 2.12 bits per heavy atom. The van der Waals surface area contributed by atoms with Gasteiger partial charge in [0.15, 0.2) is 23.9 Å². The highest BCUT2D eigenvalue weighted by Gasteiger charge is 2.43. The zero-order valence-electron chi connectivity index (χ0n) is 12.3. The number of ether oxygens (including phenoxy) is 2. The Bertz CT molecular complexity index is 843. The number of thiophene rings is 1. The lowest BCUT2D eigenvalue weighted by atomic mass is 10.3. The minimum absolute atomic E-state index is 0.112. The average Bonchev–Trinajstić information content (AvgIpc) is 3.08. The maximum Gasteiger partial charge on any atom is 0.586 e. The second-order valence-corrected chi connectivity index (χ2v) is 6.58. The average molecular weight is 434 g/mol. The maximum atomic E-state index is 12.9. The number of carbonyl (C=O) groups excluding carboxylic acids is 1. The van der Waals surface area contributed by atoms with E-state index in [0.717, 1.165) is 4.47 Å². The van der Waals surface area contributed by atoms with E-state index in [0.29, 0.717) is 4.88 Å². The molecular formula is C14H10BrF2N3O4S. The molecule has 7 nitrogen and oxygen atoms in total. The fourth-order valence-electron chi connectivity index (χ4n) is 1.88. The van der Waals surface area contributed by atoms with Crippen molar-refractivity contribution in [3.05, 3.63) is 39.0 Å². The lowest BCUT2D eigenvalue weighted by Gasteiger charge is -2.05. The van der Waals surface area contributed by atoms with E-state index in [1.165, 1.54) is 29.5 Å². The van der Waals surface area contributed by atoms with Crippen LogP contribution in [0, 0.1) is 0 Å². The standard InChI is InChI=1S/C14H10BrF2N3O4S/c15-7-3-11(25-6-7)13(18)20-22-5-12(21)19-8-1-2-9-10(4-8)24-14(16,17)23-9/h1-4,6H,5H2,(H2,18,20)(H,19,21). The van der Waals surface area contributed by atoms with Crippen LogP contribution in [-0.2, 0) is 9.63 Å². The number of halogens is 3. The van der Waals surface area contributed by atoms with Gasteiger partial charge < -0.3 is 25.4 Å². The second kappa shape index (κ2) is 6.84. The van der Waals surface area contributed by atoms with Crippen molar-refractivity contribution in [1.29, 1.82) is 0 Å². The number of alkyl halides is 2. The van der Waals surface area contributed by atoms with Crippen LogP contribution in [0.2, 0.25) is 0 Å². The van der Waals surface area contributed by atoms with Gasteiger partial charge in [0.1, 0.15) is 0 Å². The van der Waals surface area contributed by atoms with Crippen LogP contribution in [0.1, 0.15) is 4.88 Å². The third-order valence-electron chi connectivity index (χ3n) is 2.86. The summed E-state index contributed by atoms with van der Waals surface area (Å²) in [6.45, 7) is -0.405. The first-order valence-corrected chi connectivity index (χ1v) is 8.39. The molecule has 0 radical (unpaired) electrons. The quantitative estimate of drug-likeness (QED) is 0.429. The molecular weight excluding hydrogens is 424 g/mol. The molecule has 3 N–H and O–H groups in total. The molecule has 0 aliphatic carbocycles. The Morgan fingerprint density at radius 3 is 2.84 bits per heavy atom. The van der Waals surface area contributed by atoms with E-state index in [-0.39, 0.29) is 23.0 Å². The monoisotopic (exact) mass is 433 g/mol. The number of nitrogens with one attached hydrogen (secondary N) is 1. The second-order valence-electron chi connectivity index (χ2n) is 4.76. The molecule has 0 spiro atoms. The van der Waals surface area contributed by atoms with Crippen molar-refractivity contribution in [2.45, 2.75) is 6.29 Å². The molecule has 0 atom stereocenters. The number of oxime groups is 1. The third-order valence-corrected chi connectivity index (χ3v) is 4.58. The van der Waals surface area contributed by atoms with Crippen LogP contribution in [0.5, 0.6) is 11.5 Å². The first-order valence-electron chi connectivity index (χ1n) is 6.72. The van der Waals surface area contributed by atoms with Gasteiger partial charge in [-0.2, -0.15) is 0 Å². The van der Waals surface area contributed by atoms with Crippen molar-refractivity contribution in [3.8, 4) is 11.5 Å². The molecule has 2 aromatic rings. The van der Waals surface area contributed by atoms with Gasteiger partial charge in [0.25, 0.3) is 5.91 Å². The number of hydrogen-bond donors (Lipinski definition) is 2. The molecule has 1 aliphatic heterocycles.